The molecular weight excluding hydrogens is 949 g/mol. The SMILES string of the molecule is CC/C=C\C/C=C\C/C=C\C/C=C\CCCCCCCCCCCCCCCCCCCCCCCCC(=O)OCC(COC(=O)CCCCCCC/C=C\CCCC)OC(=O)CCCCC/C=C\C/C=C\C/C=C\CC. The number of hydrogen-bond acceptors (Lipinski definition) is 6. The van der Waals surface area contributed by atoms with E-state index in [-0.39, 0.29) is 31.1 Å². The topological polar surface area (TPSA) is 78.9 Å². The number of hydrogen-bond donors (Lipinski definition) is 0. The Bertz CT molecular complexity index is 1510. The summed E-state index contributed by atoms with van der Waals surface area (Å²) in [6, 6.07) is 0. The molecule has 0 fully saturated rings. The van der Waals surface area contributed by atoms with Gasteiger partial charge < -0.3 is 14.2 Å². The van der Waals surface area contributed by atoms with E-state index >= 15 is 0 Å². The molecule has 6 heteroatoms. The predicted molar refractivity (Wildman–Crippen MR) is 334 cm³/mol. The molecule has 0 aliphatic heterocycles. The fourth-order valence-corrected chi connectivity index (χ4v) is 9.20. The minimum absolute atomic E-state index is 0.0886. The number of carbonyl (C=O) groups excluding carboxylic acids is 3. The van der Waals surface area contributed by atoms with Crippen LogP contribution < -0.4 is 0 Å². The van der Waals surface area contributed by atoms with Crippen LogP contribution in [0.3, 0.4) is 0 Å². The predicted octanol–water partition coefficient (Wildman–Crippen LogP) is 22.4. The fourth-order valence-electron chi connectivity index (χ4n) is 9.20. The molecule has 0 saturated carbocycles. The lowest BCUT2D eigenvalue weighted by molar-refractivity contribution is -0.167. The summed E-state index contributed by atoms with van der Waals surface area (Å²) in [5, 5.41) is 0. The van der Waals surface area contributed by atoms with Crippen molar-refractivity contribution in [3.63, 3.8) is 0 Å². The monoisotopic (exact) mass is 1070 g/mol. The van der Waals surface area contributed by atoms with E-state index in [2.05, 4.69) is 118 Å². The second-order valence-electron chi connectivity index (χ2n) is 21.6. The van der Waals surface area contributed by atoms with Crippen molar-refractivity contribution in [1.82, 2.24) is 0 Å². The summed E-state index contributed by atoms with van der Waals surface area (Å²) in [4.78, 5) is 38.1. The molecule has 0 aliphatic rings. The number of rotatable bonds is 59. The van der Waals surface area contributed by atoms with Gasteiger partial charge in [0.25, 0.3) is 0 Å². The highest BCUT2D eigenvalue weighted by Crippen LogP contribution is 2.17. The zero-order valence-corrected chi connectivity index (χ0v) is 50.7. The van der Waals surface area contributed by atoms with Crippen LogP contribution in [-0.2, 0) is 28.6 Å². The van der Waals surface area contributed by atoms with Crippen molar-refractivity contribution in [1.29, 1.82) is 0 Å². The molecule has 0 aromatic rings. The van der Waals surface area contributed by atoms with Crippen molar-refractivity contribution in [2.45, 2.75) is 322 Å². The molecule has 1 atom stereocenters. The van der Waals surface area contributed by atoms with Crippen molar-refractivity contribution in [3.05, 3.63) is 97.2 Å². The quantitative estimate of drug-likeness (QED) is 0.0261. The van der Waals surface area contributed by atoms with E-state index in [1.165, 1.54) is 161 Å². The van der Waals surface area contributed by atoms with Gasteiger partial charge in [0.15, 0.2) is 6.10 Å². The molecule has 6 nitrogen and oxygen atoms in total. The lowest BCUT2D eigenvalue weighted by Gasteiger charge is -2.18. The highest BCUT2D eigenvalue weighted by Gasteiger charge is 2.19. The van der Waals surface area contributed by atoms with Crippen molar-refractivity contribution in [3.8, 4) is 0 Å². The first-order valence-corrected chi connectivity index (χ1v) is 32.7. The van der Waals surface area contributed by atoms with Crippen molar-refractivity contribution in [2.24, 2.45) is 0 Å². The van der Waals surface area contributed by atoms with Gasteiger partial charge in [-0.2, -0.15) is 0 Å². The Balaban J connectivity index is 4.04. The third-order valence-corrected chi connectivity index (χ3v) is 14.1. The third kappa shape index (κ3) is 63.0. The second kappa shape index (κ2) is 64.9. The zero-order valence-electron chi connectivity index (χ0n) is 50.7. The van der Waals surface area contributed by atoms with Crippen LogP contribution in [0.15, 0.2) is 97.2 Å². The van der Waals surface area contributed by atoms with Crippen molar-refractivity contribution >= 4 is 17.9 Å². The largest absolute Gasteiger partial charge is 0.462 e. The van der Waals surface area contributed by atoms with Crippen LogP contribution in [0.2, 0.25) is 0 Å². The van der Waals surface area contributed by atoms with Crippen LogP contribution >= 0.6 is 0 Å². The summed E-state index contributed by atoms with van der Waals surface area (Å²) >= 11 is 0. The molecule has 0 aliphatic carbocycles. The molecule has 0 amide bonds. The van der Waals surface area contributed by atoms with Gasteiger partial charge in [-0.3, -0.25) is 14.4 Å². The molecule has 0 saturated heterocycles. The Kier molecular flexibility index (Phi) is 61.8. The number of ether oxygens (including phenoxy) is 3. The highest BCUT2D eigenvalue weighted by molar-refractivity contribution is 5.71. The number of esters is 3. The maximum absolute atomic E-state index is 12.8. The maximum Gasteiger partial charge on any atom is 0.306 e. The van der Waals surface area contributed by atoms with Crippen LogP contribution in [0.1, 0.15) is 316 Å². The first kappa shape index (κ1) is 73.3. The average molecular weight is 1070 g/mol. The molecule has 0 spiro atoms. The maximum atomic E-state index is 12.8. The minimum Gasteiger partial charge on any atom is -0.462 e. The van der Waals surface area contributed by atoms with Crippen molar-refractivity contribution in [2.75, 3.05) is 13.2 Å². The van der Waals surface area contributed by atoms with Crippen LogP contribution in [-0.4, -0.2) is 37.2 Å². The summed E-state index contributed by atoms with van der Waals surface area (Å²) in [5.74, 6) is -0.919. The van der Waals surface area contributed by atoms with E-state index in [1.54, 1.807) is 0 Å². The van der Waals surface area contributed by atoms with Gasteiger partial charge in [-0.25, -0.2) is 0 Å². The number of carbonyl (C=O) groups is 3. The van der Waals surface area contributed by atoms with Gasteiger partial charge in [0.2, 0.25) is 0 Å². The van der Waals surface area contributed by atoms with Crippen LogP contribution in [0.25, 0.3) is 0 Å². The number of allylic oxidation sites excluding steroid dienone is 16. The Hall–Kier alpha value is -3.67. The van der Waals surface area contributed by atoms with Gasteiger partial charge in [0, 0.05) is 19.3 Å². The average Bonchev–Trinajstić information content (AvgIpc) is 3.43. The van der Waals surface area contributed by atoms with Crippen LogP contribution in [0, 0.1) is 0 Å². The summed E-state index contributed by atoms with van der Waals surface area (Å²) < 4.78 is 16.8. The molecule has 0 aromatic heterocycles. The van der Waals surface area contributed by atoms with Crippen molar-refractivity contribution < 1.29 is 28.6 Å². The standard InChI is InChI=1S/C71H122O6/c1-4-7-10-13-16-19-22-24-25-26-27-28-29-30-31-32-33-34-35-36-37-38-39-40-41-42-43-44-45-47-49-52-55-58-61-64-70(73)76-67-68(66-75-69(72)63-60-57-54-51-48-21-18-15-12-9-6-3)77-71(74)65-62-59-56-53-50-46-23-20-17-14-11-8-5-2/h7-8,10-11,15-20,24-25,27-28,46,50,68H,4-6,9,12-14,21-23,26,29-45,47-49,51-67H2,1-3H3/b10-7-,11-8-,18-15-,19-16-,20-17-,25-24-,28-27-,50-46-. The smallest absolute Gasteiger partial charge is 0.306 e. The normalized spacial score (nSPS) is 12.7. The van der Waals surface area contributed by atoms with Gasteiger partial charge >= 0.3 is 17.9 Å². The molecule has 0 N–H and O–H groups in total. The van der Waals surface area contributed by atoms with Gasteiger partial charge in [-0.15, -0.1) is 0 Å². The second-order valence-corrected chi connectivity index (χ2v) is 21.6. The molecule has 442 valence electrons. The van der Waals surface area contributed by atoms with E-state index in [0.29, 0.717) is 19.3 Å². The van der Waals surface area contributed by atoms with Gasteiger partial charge in [0.1, 0.15) is 13.2 Å². The Morgan fingerprint density at radius 2 is 0.506 bits per heavy atom. The molecule has 0 rings (SSSR count). The first-order chi connectivity index (χ1) is 38.0. The molecule has 1 unspecified atom stereocenters. The van der Waals surface area contributed by atoms with Gasteiger partial charge in [-0.1, -0.05) is 285 Å². The number of unbranched alkanes of at least 4 members (excludes halogenated alkanes) is 32. The molecule has 0 bridgehead atoms. The molecular formula is C71H122O6. The summed E-state index contributed by atoms with van der Waals surface area (Å²) in [5.41, 5.74) is 0. The zero-order chi connectivity index (χ0) is 55.7. The molecule has 0 heterocycles. The molecule has 0 aromatic carbocycles. The van der Waals surface area contributed by atoms with E-state index in [9.17, 15) is 14.4 Å². The van der Waals surface area contributed by atoms with E-state index in [4.69, 9.17) is 14.2 Å². The van der Waals surface area contributed by atoms with E-state index in [1.807, 2.05) is 0 Å². The summed E-state index contributed by atoms with van der Waals surface area (Å²) in [6.07, 6.45) is 87.4. The van der Waals surface area contributed by atoms with E-state index in [0.717, 1.165) is 116 Å². The first-order valence-electron chi connectivity index (χ1n) is 32.7. The van der Waals surface area contributed by atoms with E-state index < -0.39 is 6.10 Å². The molecule has 0 radical (unpaired) electrons. The van der Waals surface area contributed by atoms with Gasteiger partial charge in [0.05, 0.1) is 0 Å². The Morgan fingerprint density at radius 3 is 0.818 bits per heavy atom. The lowest BCUT2D eigenvalue weighted by atomic mass is 10.0. The lowest BCUT2D eigenvalue weighted by Crippen LogP contribution is -2.30. The minimum atomic E-state index is -0.793. The highest BCUT2D eigenvalue weighted by atomic mass is 16.6. The van der Waals surface area contributed by atoms with Gasteiger partial charge in [-0.05, 0) is 109 Å². The fraction of sp³-hybridized carbons (Fsp3) is 0.732. The third-order valence-electron chi connectivity index (χ3n) is 14.1. The summed E-state index contributed by atoms with van der Waals surface area (Å²) in [7, 11) is 0. The van der Waals surface area contributed by atoms with Crippen LogP contribution in [0.5, 0.6) is 0 Å². The Labute approximate surface area is 477 Å². The molecule has 77 heavy (non-hydrogen) atoms. The van der Waals surface area contributed by atoms with Crippen LogP contribution in [0.4, 0.5) is 0 Å². The Morgan fingerprint density at radius 1 is 0.273 bits per heavy atom. The summed E-state index contributed by atoms with van der Waals surface area (Å²) in [6.45, 7) is 6.36.